The van der Waals surface area contributed by atoms with Gasteiger partial charge in [0.2, 0.25) is 0 Å². The van der Waals surface area contributed by atoms with E-state index in [0.717, 1.165) is 50.7 Å². The zero-order valence-corrected chi connectivity index (χ0v) is 12.1. The van der Waals surface area contributed by atoms with Crippen molar-refractivity contribution in [3.63, 3.8) is 0 Å². The van der Waals surface area contributed by atoms with Crippen molar-refractivity contribution in [1.29, 1.82) is 0 Å². The molecule has 0 aromatic heterocycles. The molecule has 0 unspecified atom stereocenters. The molecule has 0 aliphatic carbocycles. The summed E-state index contributed by atoms with van der Waals surface area (Å²) in [5, 5.41) is 7.03. The minimum Gasteiger partial charge on any atom is -0.385 e. The van der Waals surface area contributed by atoms with Crippen molar-refractivity contribution in [2.24, 2.45) is 0 Å². The van der Waals surface area contributed by atoms with Crippen LogP contribution in [0.25, 0.3) is 0 Å². The van der Waals surface area contributed by atoms with Crippen LogP contribution in [0.4, 0.5) is 0 Å². The molecule has 4 nitrogen and oxygen atoms in total. The summed E-state index contributed by atoms with van der Waals surface area (Å²) < 4.78 is 10.4. The van der Waals surface area contributed by atoms with Gasteiger partial charge in [-0.2, -0.15) is 0 Å². The number of rotatable bonds is 10. The number of thiocarbonyl (C=S) groups is 1. The van der Waals surface area contributed by atoms with Crippen LogP contribution in [0, 0.1) is 0 Å². The summed E-state index contributed by atoms with van der Waals surface area (Å²) in [5.74, 6) is 0. The minimum absolute atomic E-state index is 0.325. The van der Waals surface area contributed by atoms with E-state index >= 15 is 0 Å². The molecule has 102 valence electrons. The molecule has 0 bridgehead atoms. The van der Waals surface area contributed by atoms with Gasteiger partial charge in [-0.05, 0) is 45.3 Å². The van der Waals surface area contributed by atoms with Crippen LogP contribution in [0.2, 0.25) is 0 Å². The summed E-state index contributed by atoms with van der Waals surface area (Å²) in [4.78, 5) is 0. The van der Waals surface area contributed by atoms with Gasteiger partial charge in [0, 0.05) is 33.4 Å². The van der Waals surface area contributed by atoms with Gasteiger partial charge in [-0.3, -0.25) is 0 Å². The fourth-order valence-electron chi connectivity index (χ4n) is 1.23. The average molecular weight is 262 g/mol. The highest BCUT2D eigenvalue weighted by Crippen LogP contribution is 1.93. The maximum Gasteiger partial charge on any atom is 0.166 e. The van der Waals surface area contributed by atoms with E-state index in [-0.39, 0.29) is 0 Å². The predicted octanol–water partition coefficient (Wildman–Crippen LogP) is 1.69. The second-order valence-corrected chi connectivity index (χ2v) is 4.56. The SMILES string of the molecule is COCCCNC(=S)NCCCCOC(C)C. The number of hydrogen-bond acceptors (Lipinski definition) is 3. The molecule has 0 saturated heterocycles. The van der Waals surface area contributed by atoms with Crippen LogP contribution >= 0.6 is 12.2 Å². The van der Waals surface area contributed by atoms with Crippen LogP contribution < -0.4 is 10.6 Å². The highest BCUT2D eigenvalue weighted by atomic mass is 32.1. The zero-order chi connectivity index (χ0) is 12.9. The number of unbranched alkanes of at least 4 members (excludes halogenated alkanes) is 1. The number of hydrogen-bond donors (Lipinski definition) is 2. The maximum atomic E-state index is 5.45. The standard InChI is InChI=1S/C12H26N2O2S/c1-11(2)16-10-5-4-7-13-12(17)14-8-6-9-15-3/h11H,4-10H2,1-3H3,(H2,13,14,17). The van der Waals surface area contributed by atoms with Gasteiger partial charge >= 0.3 is 0 Å². The summed E-state index contributed by atoms with van der Waals surface area (Å²) in [6, 6.07) is 0. The van der Waals surface area contributed by atoms with E-state index in [1.165, 1.54) is 0 Å². The predicted molar refractivity (Wildman–Crippen MR) is 75.4 cm³/mol. The first-order chi connectivity index (χ1) is 8.16. The van der Waals surface area contributed by atoms with Crippen molar-refractivity contribution >= 4 is 17.3 Å². The summed E-state index contributed by atoms with van der Waals surface area (Å²) in [5.41, 5.74) is 0. The third kappa shape index (κ3) is 13.5. The summed E-state index contributed by atoms with van der Waals surface area (Å²) in [7, 11) is 1.70. The quantitative estimate of drug-likeness (QED) is 0.463. The molecule has 0 aliphatic heterocycles. The second kappa shape index (κ2) is 12.1. The Hall–Kier alpha value is -0.390. The van der Waals surface area contributed by atoms with E-state index in [1.807, 2.05) is 0 Å². The first-order valence-electron chi connectivity index (χ1n) is 6.29. The van der Waals surface area contributed by atoms with Gasteiger partial charge in [-0.1, -0.05) is 0 Å². The Morgan fingerprint density at radius 2 is 1.71 bits per heavy atom. The Bertz CT molecular complexity index is 189. The van der Waals surface area contributed by atoms with Crippen LogP contribution in [0.3, 0.4) is 0 Å². The Kier molecular flexibility index (Phi) is 11.8. The van der Waals surface area contributed by atoms with Crippen molar-refractivity contribution in [2.45, 2.75) is 39.2 Å². The largest absolute Gasteiger partial charge is 0.385 e. The smallest absolute Gasteiger partial charge is 0.166 e. The number of nitrogens with one attached hydrogen (secondary N) is 2. The zero-order valence-electron chi connectivity index (χ0n) is 11.3. The van der Waals surface area contributed by atoms with Gasteiger partial charge in [0.05, 0.1) is 6.10 Å². The molecule has 0 rings (SSSR count). The summed E-state index contributed by atoms with van der Waals surface area (Å²) >= 11 is 5.13. The van der Waals surface area contributed by atoms with Gasteiger partial charge in [0.25, 0.3) is 0 Å². The fourth-order valence-corrected chi connectivity index (χ4v) is 1.43. The molecule has 0 atom stereocenters. The molecule has 0 spiro atoms. The van der Waals surface area contributed by atoms with Crippen molar-refractivity contribution in [1.82, 2.24) is 10.6 Å². The van der Waals surface area contributed by atoms with Gasteiger partial charge < -0.3 is 20.1 Å². The van der Waals surface area contributed by atoms with Gasteiger partial charge in [0.1, 0.15) is 0 Å². The number of ether oxygens (including phenoxy) is 2. The van der Waals surface area contributed by atoms with Crippen LogP contribution in [0.15, 0.2) is 0 Å². The topological polar surface area (TPSA) is 42.5 Å². The van der Waals surface area contributed by atoms with E-state index < -0.39 is 0 Å². The Balaban J connectivity index is 3.16. The van der Waals surface area contributed by atoms with E-state index in [9.17, 15) is 0 Å². The first kappa shape index (κ1) is 16.6. The van der Waals surface area contributed by atoms with Crippen molar-refractivity contribution in [2.75, 3.05) is 33.4 Å². The van der Waals surface area contributed by atoms with E-state index in [1.54, 1.807) is 7.11 Å². The molecule has 0 saturated carbocycles. The molecule has 0 aromatic rings. The average Bonchev–Trinajstić information content (AvgIpc) is 2.29. The maximum absolute atomic E-state index is 5.45. The molecule has 0 aliphatic rings. The first-order valence-corrected chi connectivity index (χ1v) is 6.70. The molecular formula is C12H26N2O2S. The molecule has 0 amide bonds. The normalized spacial score (nSPS) is 10.6. The lowest BCUT2D eigenvalue weighted by Gasteiger charge is -2.10. The van der Waals surface area contributed by atoms with Crippen LogP contribution in [0.5, 0.6) is 0 Å². The molecule has 17 heavy (non-hydrogen) atoms. The lowest BCUT2D eigenvalue weighted by atomic mass is 10.3. The Labute approximate surface area is 110 Å². The molecular weight excluding hydrogens is 236 g/mol. The Morgan fingerprint density at radius 3 is 2.29 bits per heavy atom. The van der Waals surface area contributed by atoms with Gasteiger partial charge in [-0.25, -0.2) is 0 Å². The minimum atomic E-state index is 0.325. The molecule has 0 fully saturated rings. The highest BCUT2D eigenvalue weighted by Gasteiger charge is 1.96. The molecule has 2 N–H and O–H groups in total. The second-order valence-electron chi connectivity index (χ2n) is 4.16. The molecule has 5 heteroatoms. The van der Waals surface area contributed by atoms with Gasteiger partial charge in [-0.15, -0.1) is 0 Å². The fraction of sp³-hybridized carbons (Fsp3) is 0.917. The van der Waals surface area contributed by atoms with E-state index in [0.29, 0.717) is 6.10 Å². The van der Waals surface area contributed by atoms with Crippen LogP contribution in [-0.2, 0) is 9.47 Å². The van der Waals surface area contributed by atoms with Crippen LogP contribution in [0.1, 0.15) is 33.1 Å². The summed E-state index contributed by atoms with van der Waals surface area (Å²) in [6.45, 7) is 7.46. The lowest BCUT2D eigenvalue weighted by Crippen LogP contribution is -2.36. The third-order valence-electron chi connectivity index (χ3n) is 2.12. The number of methoxy groups -OCH3 is 1. The Morgan fingerprint density at radius 1 is 1.06 bits per heavy atom. The van der Waals surface area contributed by atoms with Crippen molar-refractivity contribution in [3.05, 3.63) is 0 Å². The monoisotopic (exact) mass is 262 g/mol. The molecule has 0 heterocycles. The lowest BCUT2D eigenvalue weighted by molar-refractivity contribution is 0.0762. The van der Waals surface area contributed by atoms with Gasteiger partial charge in [0.15, 0.2) is 5.11 Å². The summed E-state index contributed by atoms with van der Waals surface area (Å²) in [6.07, 6.45) is 3.44. The highest BCUT2D eigenvalue weighted by molar-refractivity contribution is 7.80. The third-order valence-corrected chi connectivity index (χ3v) is 2.41. The van der Waals surface area contributed by atoms with E-state index in [4.69, 9.17) is 21.7 Å². The van der Waals surface area contributed by atoms with Crippen molar-refractivity contribution < 1.29 is 9.47 Å². The van der Waals surface area contributed by atoms with Crippen molar-refractivity contribution in [3.8, 4) is 0 Å². The van der Waals surface area contributed by atoms with Crippen LogP contribution in [-0.4, -0.2) is 44.6 Å². The molecule has 0 aromatic carbocycles. The van der Waals surface area contributed by atoms with E-state index in [2.05, 4.69) is 24.5 Å². The molecule has 0 radical (unpaired) electrons.